The number of methoxy groups -OCH3 is 1. The van der Waals surface area contributed by atoms with Gasteiger partial charge in [0.15, 0.2) is 0 Å². The van der Waals surface area contributed by atoms with Crippen LogP contribution in [0.5, 0.6) is 5.75 Å². The van der Waals surface area contributed by atoms with Crippen LogP contribution in [0.25, 0.3) is 0 Å². The molecule has 7 nitrogen and oxygen atoms in total. The van der Waals surface area contributed by atoms with Crippen molar-refractivity contribution < 1.29 is 17.9 Å². The van der Waals surface area contributed by atoms with Crippen molar-refractivity contribution in [2.24, 2.45) is 5.10 Å². The molecule has 33 heavy (non-hydrogen) atoms. The number of ether oxygens (including phenoxy) is 1. The zero-order chi connectivity index (χ0) is 24.0. The lowest BCUT2D eigenvalue weighted by molar-refractivity contribution is 0.0955. The molecule has 3 aromatic carbocycles. The molecule has 172 valence electrons. The second-order valence-electron chi connectivity index (χ2n) is 7.03. The first-order valence-electron chi connectivity index (χ1n) is 9.66. The third-order valence-corrected chi connectivity index (χ3v) is 6.50. The second kappa shape index (κ2) is 10.8. The molecule has 0 aliphatic heterocycles. The molecule has 0 fully saturated rings. The van der Waals surface area contributed by atoms with Crippen molar-refractivity contribution in [2.75, 3.05) is 17.7 Å². The first-order chi connectivity index (χ1) is 15.7. The standard InChI is InChI=1S/C23H21BrClN3O4S/c1-32-22-12-7-19(24)13-18(22)14-26-27-23(29)17-5-10-21(11-6-17)28(33(2,30)31)15-16-3-8-20(25)9-4-16/h3-14H,15H2,1-2H3,(H,27,29)/b26-14-. The van der Waals surface area contributed by atoms with Crippen molar-refractivity contribution in [3.05, 3.63) is 92.9 Å². The van der Waals surface area contributed by atoms with E-state index in [1.165, 1.54) is 10.5 Å². The third-order valence-electron chi connectivity index (χ3n) is 4.62. The lowest BCUT2D eigenvalue weighted by Gasteiger charge is -2.22. The SMILES string of the molecule is COc1ccc(Br)cc1/C=N\NC(=O)c1ccc(N(Cc2ccc(Cl)cc2)S(C)(=O)=O)cc1. The van der Waals surface area contributed by atoms with Crippen molar-refractivity contribution in [3.8, 4) is 5.75 Å². The summed E-state index contributed by atoms with van der Waals surface area (Å²) in [6.07, 6.45) is 2.61. The van der Waals surface area contributed by atoms with Gasteiger partial charge in [-0.3, -0.25) is 9.10 Å². The average Bonchev–Trinajstić information content (AvgIpc) is 2.78. The highest BCUT2D eigenvalue weighted by Gasteiger charge is 2.18. The molecule has 0 spiro atoms. The van der Waals surface area contributed by atoms with E-state index >= 15 is 0 Å². The molecule has 0 atom stereocenters. The van der Waals surface area contributed by atoms with E-state index in [0.29, 0.717) is 27.6 Å². The topological polar surface area (TPSA) is 88.1 Å². The third kappa shape index (κ3) is 6.80. The Morgan fingerprint density at radius 3 is 2.39 bits per heavy atom. The van der Waals surface area contributed by atoms with Crippen LogP contribution < -0.4 is 14.5 Å². The minimum absolute atomic E-state index is 0.139. The second-order valence-corrected chi connectivity index (χ2v) is 10.3. The number of amides is 1. The maximum Gasteiger partial charge on any atom is 0.271 e. The fourth-order valence-corrected chi connectivity index (χ4v) is 4.36. The fraction of sp³-hybridized carbons (Fsp3) is 0.130. The summed E-state index contributed by atoms with van der Waals surface area (Å²) in [5.74, 6) is 0.178. The lowest BCUT2D eigenvalue weighted by Crippen LogP contribution is -2.29. The van der Waals surface area contributed by atoms with Gasteiger partial charge in [-0.15, -0.1) is 0 Å². The summed E-state index contributed by atoms with van der Waals surface area (Å²) in [4.78, 5) is 12.4. The van der Waals surface area contributed by atoms with Crippen LogP contribution >= 0.6 is 27.5 Å². The van der Waals surface area contributed by atoms with Gasteiger partial charge in [0.1, 0.15) is 5.75 Å². The van der Waals surface area contributed by atoms with Gasteiger partial charge in [-0.1, -0.05) is 39.7 Å². The van der Waals surface area contributed by atoms with E-state index in [-0.39, 0.29) is 6.54 Å². The average molecular weight is 551 g/mol. The van der Waals surface area contributed by atoms with Crippen molar-refractivity contribution in [3.63, 3.8) is 0 Å². The Kier molecular flexibility index (Phi) is 8.12. The highest BCUT2D eigenvalue weighted by atomic mass is 79.9. The first kappa shape index (κ1) is 24.8. The van der Waals surface area contributed by atoms with Gasteiger partial charge < -0.3 is 4.74 Å². The monoisotopic (exact) mass is 549 g/mol. The Morgan fingerprint density at radius 2 is 1.79 bits per heavy atom. The number of hydrogen-bond donors (Lipinski definition) is 1. The van der Waals surface area contributed by atoms with Crippen molar-refractivity contribution in [1.82, 2.24) is 5.43 Å². The Morgan fingerprint density at radius 1 is 1.12 bits per heavy atom. The molecule has 0 bridgehead atoms. The molecular weight excluding hydrogens is 530 g/mol. The highest BCUT2D eigenvalue weighted by molar-refractivity contribution is 9.10. The van der Waals surface area contributed by atoms with E-state index in [2.05, 4.69) is 26.5 Å². The van der Waals surface area contributed by atoms with Crippen LogP contribution in [-0.4, -0.2) is 33.9 Å². The number of benzene rings is 3. The number of hydrogen-bond acceptors (Lipinski definition) is 5. The number of anilines is 1. The number of halogens is 2. The molecule has 0 radical (unpaired) electrons. The fourth-order valence-electron chi connectivity index (χ4n) is 2.97. The molecule has 0 saturated carbocycles. The van der Waals surface area contributed by atoms with Gasteiger partial charge in [0, 0.05) is 20.6 Å². The summed E-state index contributed by atoms with van der Waals surface area (Å²) < 4.78 is 32.1. The predicted molar refractivity (Wildman–Crippen MR) is 135 cm³/mol. The van der Waals surface area contributed by atoms with E-state index in [1.807, 2.05) is 12.1 Å². The van der Waals surface area contributed by atoms with Crippen LogP contribution in [0.15, 0.2) is 76.3 Å². The quantitative estimate of drug-likeness (QED) is 0.321. The van der Waals surface area contributed by atoms with Gasteiger partial charge in [0.05, 0.1) is 31.8 Å². The largest absolute Gasteiger partial charge is 0.496 e. The minimum Gasteiger partial charge on any atom is -0.496 e. The summed E-state index contributed by atoms with van der Waals surface area (Å²) >= 11 is 9.29. The zero-order valence-corrected chi connectivity index (χ0v) is 21.0. The zero-order valence-electron chi connectivity index (χ0n) is 17.8. The van der Waals surface area contributed by atoms with Crippen molar-refractivity contribution in [2.45, 2.75) is 6.54 Å². The van der Waals surface area contributed by atoms with Crippen LogP contribution in [0.3, 0.4) is 0 Å². The molecule has 1 amide bonds. The summed E-state index contributed by atoms with van der Waals surface area (Å²) in [5, 5.41) is 4.56. The lowest BCUT2D eigenvalue weighted by atomic mass is 10.2. The number of nitrogens with zero attached hydrogens (tertiary/aromatic N) is 2. The smallest absolute Gasteiger partial charge is 0.271 e. The van der Waals surface area contributed by atoms with Gasteiger partial charge in [0.25, 0.3) is 5.91 Å². The predicted octanol–water partition coefficient (Wildman–Crippen LogP) is 4.84. The Hall–Kier alpha value is -2.88. The first-order valence-corrected chi connectivity index (χ1v) is 12.7. The minimum atomic E-state index is -3.55. The summed E-state index contributed by atoms with van der Waals surface area (Å²) in [7, 11) is -2.00. The number of carbonyl (C=O) groups is 1. The molecule has 0 saturated heterocycles. The van der Waals surface area contributed by atoms with Gasteiger partial charge in [-0.2, -0.15) is 5.10 Å². The molecular formula is C23H21BrClN3O4S. The van der Waals surface area contributed by atoms with Crippen molar-refractivity contribution >= 4 is 55.4 Å². The maximum atomic E-state index is 12.4. The summed E-state index contributed by atoms with van der Waals surface area (Å²) in [6.45, 7) is 0.139. The number of sulfonamides is 1. The Labute approximate surface area is 206 Å². The molecule has 0 heterocycles. The molecule has 0 unspecified atom stereocenters. The number of carbonyl (C=O) groups excluding carboxylic acids is 1. The van der Waals surface area contributed by atoms with Gasteiger partial charge in [0.2, 0.25) is 10.0 Å². The summed E-state index contributed by atoms with van der Waals surface area (Å²) in [5.41, 5.74) is 4.69. The number of nitrogens with one attached hydrogen (secondary N) is 1. The van der Waals surface area contributed by atoms with E-state index in [1.54, 1.807) is 61.7 Å². The van der Waals surface area contributed by atoms with Gasteiger partial charge in [-0.05, 0) is 60.2 Å². The Bertz CT molecular complexity index is 1260. The summed E-state index contributed by atoms with van der Waals surface area (Å²) in [6, 6.07) is 18.6. The van der Waals surface area contributed by atoms with Crippen LogP contribution in [-0.2, 0) is 16.6 Å². The number of hydrazone groups is 1. The molecule has 0 aliphatic carbocycles. The molecule has 3 rings (SSSR count). The molecule has 0 aliphatic rings. The van der Waals surface area contributed by atoms with Crippen molar-refractivity contribution in [1.29, 1.82) is 0 Å². The van der Waals surface area contributed by atoms with E-state index in [9.17, 15) is 13.2 Å². The van der Waals surface area contributed by atoms with E-state index in [4.69, 9.17) is 16.3 Å². The molecule has 1 N–H and O–H groups in total. The molecule has 3 aromatic rings. The van der Waals surface area contributed by atoms with Crippen LogP contribution in [0.2, 0.25) is 5.02 Å². The normalized spacial score (nSPS) is 11.4. The number of rotatable bonds is 8. The maximum absolute atomic E-state index is 12.4. The molecule has 10 heteroatoms. The van der Waals surface area contributed by atoms with Crippen LogP contribution in [0, 0.1) is 0 Å². The highest BCUT2D eigenvalue weighted by Crippen LogP contribution is 2.23. The van der Waals surface area contributed by atoms with Gasteiger partial charge in [-0.25, -0.2) is 13.8 Å². The van der Waals surface area contributed by atoms with Gasteiger partial charge >= 0.3 is 0 Å². The van der Waals surface area contributed by atoms with Crippen LogP contribution in [0.1, 0.15) is 21.5 Å². The van der Waals surface area contributed by atoms with E-state index in [0.717, 1.165) is 16.3 Å². The van der Waals surface area contributed by atoms with Crippen LogP contribution in [0.4, 0.5) is 5.69 Å². The molecule has 0 aromatic heterocycles. The Balaban J connectivity index is 1.73. The van der Waals surface area contributed by atoms with E-state index < -0.39 is 15.9 Å².